The number of ether oxygens (including phenoxy) is 2. The van der Waals surface area contributed by atoms with Gasteiger partial charge in [0, 0.05) is 12.0 Å². The Labute approximate surface area is 145 Å². The van der Waals surface area contributed by atoms with Crippen LogP contribution in [0.4, 0.5) is 0 Å². The molecule has 1 atom stereocenters. The monoisotopic (exact) mass is 340 g/mol. The molecular formula is C19H20N2O4. The van der Waals surface area contributed by atoms with Crippen LogP contribution in [0.15, 0.2) is 42.5 Å². The fourth-order valence-corrected chi connectivity index (χ4v) is 2.90. The molecule has 3 rings (SSSR count). The maximum absolute atomic E-state index is 12.7. The molecule has 6 nitrogen and oxygen atoms in total. The van der Waals surface area contributed by atoms with Crippen LogP contribution in [0.1, 0.15) is 33.9 Å². The number of hydrogen-bond acceptors (Lipinski definition) is 4. The van der Waals surface area contributed by atoms with Gasteiger partial charge in [0.1, 0.15) is 11.5 Å². The molecule has 0 fully saturated rings. The summed E-state index contributed by atoms with van der Waals surface area (Å²) in [4.78, 5) is 23.6. The summed E-state index contributed by atoms with van der Waals surface area (Å²) in [6.07, 6.45) is 0.687. The smallest absolute Gasteiger partial charge is 0.255 e. The van der Waals surface area contributed by atoms with E-state index in [0.29, 0.717) is 24.3 Å². The molecule has 3 N–H and O–H groups in total. The lowest BCUT2D eigenvalue weighted by molar-refractivity contribution is -0.119. The van der Waals surface area contributed by atoms with Crippen LogP contribution in [0.25, 0.3) is 0 Å². The predicted octanol–water partition coefficient (Wildman–Crippen LogP) is 2.11. The van der Waals surface area contributed by atoms with Crippen molar-refractivity contribution in [2.75, 3.05) is 13.2 Å². The van der Waals surface area contributed by atoms with Crippen LogP contribution >= 0.6 is 0 Å². The van der Waals surface area contributed by atoms with Gasteiger partial charge < -0.3 is 20.5 Å². The Morgan fingerprint density at radius 1 is 1.24 bits per heavy atom. The first-order chi connectivity index (χ1) is 12.1. The molecule has 130 valence electrons. The van der Waals surface area contributed by atoms with Gasteiger partial charge in [-0.3, -0.25) is 9.59 Å². The number of fused-ring (bicyclic) bond motifs is 1. The Hall–Kier alpha value is -3.02. The lowest BCUT2D eigenvalue weighted by Gasteiger charge is -2.28. The Morgan fingerprint density at radius 2 is 2.04 bits per heavy atom. The zero-order valence-corrected chi connectivity index (χ0v) is 14.0. The number of hydrogen-bond donors (Lipinski definition) is 2. The minimum atomic E-state index is -0.593. The third-order valence-electron chi connectivity index (χ3n) is 4.08. The van der Waals surface area contributed by atoms with Crippen LogP contribution in [0.3, 0.4) is 0 Å². The average molecular weight is 340 g/mol. The average Bonchev–Trinajstić information content (AvgIpc) is 2.61. The van der Waals surface area contributed by atoms with Crippen LogP contribution in [-0.4, -0.2) is 25.0 Å². The van der Waals surface area contributed by atoms with Gasteiger partial charge in [-0.25, -0.2) is 0 Å². The van der Waals surface area contributed by atoms with Gasteiger partial charge >= 0.3 is 0 Å². The van der Waals surface area contributed by atoms with Crippen molar-refractivity contribution in [1.82, 2.24) is 5.32 Å². The Kier molecular flexibility index (Phi) is 4.88. The van der Waals surface area contributed by atoms with Crippen molar-refractivity contribution in [2.45, 2.75) is 19.4 Å². The minimum Gasteiger partial charge on any atom is -0.493 e. The number of benzene rings is 2. The van der Waals surface area contributed by atoms with Crippen LogP contribution in [-0.2, 0) is 4.79 Å². The maximum atomic E-state index is 12.7. The van der Waals surface area contributed by atoms with Crippen molar-refractivity contribution in [3.8, 4) is 11.5 Å². The van der Waals surface area contributed by atoms with Gasteiger partial charge in [-0.1, -0.05) is 30.3 Å². The number of carbonyl (C=O) groups is 2. The lowest BCUT2D eigenvalue weighted by atomic mass is 9.97. The summed E-state index contributed by atoms with van der Waals surface area (Å²) in [5.74, 6) is 0.302. The van der Waals surface area contributed by atoms with Gasteiger partial charge in [-0.05, 0) is 24.6 Å². The second kappa shape index (κ2) is 7.25. The number of aryl methyl sites for hydroxylation is 1. The van der Waals surface area contributed by atoms with E-state index in [4.69, 9.17) is 15.2 Å². The number of carbonyl (C=O) groups excluding carboxylic acids is 2. The first-order valence-electron chi connectivity index (χ1n) is 8.09. The van der Waals surface area contributed by atoms with E-state index in [-0.39, 0.29) is 18.6 Å². The second-order valence-electron chi connectivity index (χ2n) is 5.91. The van der Waals surface area contributed by atoms with Gasteiger partial charge in [0.05, 0.1) is 18.2 Å². The summed E-state index contributed by atoms with van der Waals surface area (Å²) in [5, 5.41) is 3.03. The molecular weight excluding hydrogens is 320 g/mol. The molecule has 0 aliphatic carbocycles. The zero-order valence-electron chi connectivity index (χ0n) is 14.0. The molecule has 0 bridgehead atoms. The van der Waals surface area contributed by atoms with Gasteiger partial charge in [-0.2, -0.15) is 0 Å². The molecule has 0 aromatic heterocycles. The fourth-order valence-electron chi connectivity index (χ4n) is 2.90. The Bertz CT molecular complexity index is 804. The van der Waals surface area contributed by atoms with Crippen LogP contribution < -0.4 is 20.5 Å². The molecule has 2 aromatic carbocycles. The van der Waals surface area contributed by atoms with Crippen LogP contribution in [0.5, 0.6) is 11.5 Å². The van der Waals surface area contributed by atoms with E-state index in [0.717, 1.165) is 16.9 Å². The molecule has 0 unspecified atom stereocenters. The number of para-hydroxylation sites is 2. The molecule has 2 amide bonds. The van der Waals surface area contributed by atoms with E-state index < -0.39 is 5.91 Å². The number of primary amides is 1. The van der Waals surface area contributed by atoms with Crippen molar-refractivity contribution in [1.29, 1.82) is 0 Å². The quantitative estimate of drug-likeness (QED) is 0.872. The highest BCUT2D eigenvalue weighted by Crippen LogP contribution is 2.34. The summed E-state index contributed by atoms with van der Waals surface area (Å²) >= 11 is 0. The molecule has 1 heterocycles. The third-order valence-corrected chi connectivity index (χ3v) is 4.08. The molecule has 0 saturated heterocycles. The summed E-state index contributed by atoms with van der Waals surface area (Å²) in [7, 11) is 0. The highest BCUT2D eigenvalue weighted by molar-refractivity contribution is 5.97. The minimum absolute atomic E-state index is 0.139. The Balaban J connectivity index is 1.80. The summed E-state index contributed by atoms with van der Waals surface area (Å²) < 4.78 is 11.1. The lowest BCUT2D eigenvalue weighted by Crippen LogP contribution is -2.32. The SMILES string of the molecule is Cc1cccc2c1OCC[C@H]2NC(=O)c1ccccc1OCC(N)=O. The first-order valence-corrected chi connectivity index (χ1v) is 8.09. The number of rotatable bonds is 5. The maximum Gasteiger partial charge on any atom is 0.255 e. The first kappa shape index (κ1) is 16.8. The normalized spacial score (nSPS) is 15.6. The molecule has 2 aromatic rings. The largest absolute Gasteiger partial charge is 0.493 e. The molecule has 0 spiro atoms. The van der Waals surface area contributed by atoms with Gasteiger partial charge in [0.25, 0.3) is 11.8 Å². The van der Waals surface area contributed by atoms with Gasteiger partial charge in [-0.15, -0.1) is 0 Å². The topological polar surface area (TPSA) is 90.7 Å². The van der Waals surface area contributed by atoms with Crippen molar-refractivity contribution in [3.05, 3.63) is 59.2 Å². The van der Waals surface area contributed by atoms with E-state index in [1.54, 1.807) is 24.3 Å². The third kappa shape index (κ3) is 3.74. The van der Waals surface area contributed by atoms with Crippen LogP contribution in [0.2, 0.25) is 0 Å². The molecule has 1 aliphatic rings. The van der Waals surface area contributed by atoms with E-state index in [1.165, 1.54) is 0 Å². The standard InChI is InChI=1S/C19H20N2O4/c1-12-5-4-7-13-15(9-10-24-18(12)13)21-19(23)14-6-2-3-8-16(14)25-11-17(20)22/h2-8,15H,9-11H2,1H3,(H2,20,22)(H,21,23)/t15-/m1/s1. The number of amides is 2. The van der Waals surface area contributed by atoms with Crippen molar-refractivity contribution in [3.63, 3.8) is 0 Å². The molecule has 1 aliphatic heterocycles. The Morgan fingerprint density at radius 3 is 2.84 bits per heavy atom. The predicted molar refractivity (Wildman–Crippen MR) is 92.6 cm³/mol. The molecule has 6 heteroatoms. The summed E-state index contributed by atoms with van der Waals surface area (Å²) in [5.41, 5.74) is 7.48. The van der Waals surface area contributed by atoms with Crippen molar-refractivity contribution in [2.24, 2.45) is 5.73 Å². The van der Waals surface area contributed by atoms with E-state index in [2.05, 4.69) is 5.32 Å². The number of nitrogens with one attached hydrogen (secondary N) is 1. The number of nitrogens with two attached hydrogens (primary N) is 1. The molecule has 0 radical (unpaired) electrons. The second-order valence-corrected chi connectivity index (χ2v) is 5.91. The van der Waals surface area contributed by atoms with Crippen LogP contribution in [0, 0.1) is 6.92 Å². The van der Waals surface area contributed by atoms with E-state index >= 15 is 0 Å². The van der Waals surface area contributed by atoms with E-state index in [1.807, 2.05) is 25.1 Å². The zero-order chi connectivity index (χ0) is 17.8. The highest BCUT2D eigenvalue weighted by Gasteiger charge is 2.25. The van der Waals surface area contributed by atoms with Crippen molar-refractivity contribution < 1.29 is 19.1 Å². The molecule has 0 saturated carbocycles. The van der Waals surface area contributed by atoms with Crippen molar-refractivity contribution >= 4 is 11.8 Å². The molecule has 25 heavy (non-hydrogen) atoms. The fraction of sp³-hybridized carbons (Fsp3) is 0.263. The van der Waals surface area contributed by atoms with Gasteiger partial charge in [0.15, 0.2) is 6.61 Å². The summed E-state index contributed by atoms with van der Waals surface area (Å²) in [6, 6.07) is 12.5. The summed E-state index contributed by atoms with van der Waals surface area (Å²) in [6.45, 7) is 2.25. The van der Waals surface area contributed by atoms with E-state index in [9.17, 15) is 9.59 Å². The highest BCUT2D eigenvalue weighted by atomic mass is 16.5. The van der Waals surface area contributed by atoms with Gasteiger partial charge in [0.2, 0.25) is 0 Å².